The van der Waals surface area contributed by atoms with E-state index in [0.717, 1.165) is 36.7 Å². The first-order valence-electron chi connectivity index (χ1n) is 7.06. The molecule has 0 fully saturated rings. The van der Waals surface area contributed by atoms with Crippen molar-refractivity contribution in [1.82, 2.24) is 9.97 Å². The van der Waals surface area contributed by atoms with Crippen LogP contribution in [0.2, 0.25) is 0 Å². The van der Waals surface area contributed by atoms with Crippen molar-refractivity contribution in [2.45, 2.75) is 39.7 Å². The molecular weight excluding hydrogens is 252 g/mol. The molecule has 1 atom stereocenters. The van der Waals surface area contributed by atoms with E-state index in [-0.39, 0.29) is 6.04 Å². The van der Waals surface area contributed by atoms with E-state index in [0.29, 0.717) is 5.95 Å². The van der Waals surface area contributed by atoms with E-state index in [1.54, 1.807) is 6.26 Å². The van der Waals surface area contributed by atoms with Gasteiger partial charge in [-0.25, -0.2) is 4.98 Å². The average Bonchev–Trinajstić information content (AvgIpc) is 2.88. The molecule has 0 bridgehead atoms. The number of hydrogen-bond donors (Lipinski definition) is 2. The van der Waals surface area contributed by atoms with Gasteiger partial charge in [0, 0.05) is 30.8 Å². The second kappa shape index (κ2) is 6.93. The number of aromatic nitrogens is 2. The molecule has 1 unspecified atom stereocenters. The number of aryl methyl sites for hydroxylation is 1. The van der Waals surface area contributed by atoms with Crippen LogP contribution in [0.3, 0.4) is 0 Å². The monoisotopic (exact) mass is 274 g/mol. The minimum Gasteiger partial charge on any atom is -0.469 e. The molecule has 5 heteroatoms. The third kappa shape index (κ3) is 4.26. The highest BCUT2D eigenvalue weighted by atomic mass is 16.3. The van der Waals surface area contributed by atoms with Gasteiger partial charge in [-0.1, -0.05) is 6.92 Å². The molecular formula is C15H22N4O. The zero-order chi connectivity index (χ0) is 14.4. The second-order valence-electron chi connectivity index (χ2n) is 4.97. The van der Waals surface area contributed by atoms with Crippen LogP contribution in [0.4, 0.5) is 11.8 Å². The van der Waals surface area contributed by atoms with Gasteiger partial charge < -0.3 is 15.1 Å². The molecule has 0 saturated carbocycles. The highest BCUT2D eigenvalue weighted by molar-refractivity contribution is 5.42. The Morgan fingerprint density at radius 2 is 2.20 bits per heavy atom. The van der Waals surface area contributed by atoms with Crippen molar-refractivity contribution in [3.05, 3.63) is 35.9 Å². The van der Waals surface area contributed by atoms with Crippen LogP contribution >= 0.6 is 0 Å². The quantitative estimate of drug-likeness (QED) is 0.811. The summed E-state index contributed by atoms with van der Waals surface area (Å²) < 4.78 is 5.36. The summed E-state index contributed by atoms with van der Waals surface area (Å²) in [5.41, 5.74) is 0.950. The van der Waals surface area contributed by atoms with Crippen molar-refractivity contribution in [3.8, 4) is 0 Å². The molecule has 2 N–H and O–H groups in total. The zero-order valence-electron chi connectivity index (χ0n) is 12.3. The van der Waals surface area contributed by atoms with Gasteiger partial charge in [0.2, 0.25) is 5.95 Å². The van der Waals surface area contributed by atoms with E-state index in [2.05, 4.69) is 34.4 Å². The van der Waals surface area contributed by atoms with Gasteiger partial charge in [0.15, 0.2) is 0 Å². The molecule has 0 aromatic carbocycles. The fraction of sp³-hybridized carbons (Fsp3) is 0.467. The Hall–Kier alpha value is -2.04. The number of nitrogens with zero attached hydrogens (tertiary/aromatic N) is 2. The van der Waals surface area contributed by atoms with Gasteiger partial charge in [-0.2, -0.15) is 4.98 Å². The lowest BCUT2D eigenvalue weighted by Gasteiger charge is -2.14. The van der Waals surface area contributed by atoms with E-state index in [9.17, 15) is 0 Å². The van der Waals surface area contributed by atoms with Gasteiger partial charge in [0.05, 0.1) is 6.26 Å². The highest BCUT2D eigenvalue weighted by Gasteiger charge is 2.08. The largest absolute Gasteiger partial charge is 0.469 e. The van der Waals surface area contributed by atoms with Gasteiger partial charge in [-0.05, 0) is 32.4 Å². The highest BCUT2D eigenvalue weighted by Crippen LogP contribution is 2.13. The number of furan rings is 1. The third-order valence-corrected chi connectivity index (χ3v) is 2.87. The van der Waals surface area contributed by atoms with Crippen molar-refractivity contribution in [1.29, 1.82) is 0 Å². The topological polar surface area (TPSA) is 63.0 Å². The molecule has 108 valence electrons. The Morgan fingerprint density at radius 1 is 1.35 bits per heavy atom. The number of rotatable bonds is 7. The lowest BCUT2D eigenvalue weighted by molar-refractivity contribution is 0.497. The van der Waals surface area contributed by atoms with Crippen LogP contribution in [0, 0.1) is 6.92 Å². The molecule has 0 radical (unpaired) electrons. The van der Waals surface area contributed by atoms with E-state index in [4.69, 9.17) is 4.42 Å². The first-order valence-corrected chi connectivity index (χ1v) is 7.06. The smallest absolute Gasteiger partial charge is 0.224 e. The Bertz CT molecular complexity index is 525. The van der Waals surface area contributed by atoms with Crippen LogP contribution in [0.5, 0.6) is 0 Å². The van der Waals surface area contributed by atoms with E-state index in [1.165, 1.54) is 0 Å². The molecule has 0 saturated heterocycles. The van der Waals surface area contributed by atoms with E-state index < -0.39 is 0 Å². The lowest BCUT2D eigenvalue weighted by atomic mass is 10.2. The molecule has 2 aromatic rings. The molecule has 5 nitrogen and oxygen atoms in total. The molecule has 2 rings (SSSR count). The molecule has 2 heterocycles. The van der Waals surface area contributed by atoms with Crippen LogP contribution in [0.1, 0.15) is 31.7 Å². The van der Waals surface area contributed by atoms with Gasteiger partial charge in [-0.15, -0.1) is 0 Å². The number of hydrogen-bond acceptors (Lipinski definition) is 5. The molecule has 0 aliphatic carbocycles. The number of nitrogens with one attached hydrogen (secondary N) is 2. The summed E-state index contributed by atoms with van der Waals surface area (Å²) in [6.45, 7) is 7.08. The molecule has 0 amide bonds. The molecule has 20 heavy (non-hydrogen) atoms. The van der Waals surface area contributed by atoms with Crippen LogP contribution in [0.25, 0.3) is 0 Å². The second-order valence-corrected chi connectivity index (χ2v) is 4.97. The lowest BCUT2D eigenvalue weighted by Crippen LogP contribution is -2.19. The van der Waals surface area contributed by atoms with Gasteiger partial charge in [0.25, 0.3) is 0 Å². The summed E-state index contributed by atoms with van der Waals surface area (Å²) in [6, 6.07) is 6.09. The van der Waals surface area contributed by atoms with Gasteiger partial charge >= 0.3 is 0 Å². The summed E-state index contributed by atoms with van der Waals surface area (Å²) in [4.78, 5) is 8.85. The summed E-state index contributed by atoms with van der Waals surface area (Å²) in [7, 11) is 0. The summed E-state index contributed by atoms with van der Waals surface area (Å²) >= 11 is 0. The molecule has 0 aliphatic heterocycles. The maximum atomic E-state index is 5.36. The first-order chi connectivity index (χ1) is 9.67. The molecule has 2 aromatic heterocycles. The predicted molar refractivity (Wildman–Crippen MR) is 81.0 cm³/mol. The van der Waals surface area contributed by atoms with Crippen molar-refractivity contribution < 1.29 is 4.42 Å². The minimum absolute atomic E-state index is 0.245. The van der Waals surface area contributed by atoms with Crippen molar-refractivity contribution in [3.63, 3.8) is 0 Å². The summed E-state index contributed by atoms with van der Waals surface area (Å²) in [5.74, 6) is 2.50. The Labute approximate surface area is 119 Å². The molecule has 0 spiro atoms. The predicted octanol–water partition coefficient (Wildman–Crippen LogP) is 3.24. The normalized spacial score (nSPS) is 12.2. The molecule has 0 aliphatic rings. The summed E-state index contributed by atoms with van der Waals surface area (Å²) in [6.07, 6.45) is 3.58. The Morgan fingerprint density at radius 3 is 2.90 bits per heavy atom. The number of anilines is 2. The SMILES string of the molecule is CCCNc1nc(C)cc(NC(C)Cc2ccco2)n1. The maximum Gasteiger partial charge on any atom is 0.224 e. The van der Waals surface area contributed by atoms with Crippen molar-refractivity contribution in [2.24, 2.45) is 0 Å². The van der Waals surface area contributed by atoms with Crippen LogP contribution in [-0.4, -0.2) is 22.6 Å². The maximum absolute atomic E-state index is 5.36. The van der Waals surface area contributed by atoms with Gasteiger partial charge in [0.1, 0.15) is 11.6 Å². The van der Waals surface area contributed by atoms with Gasteiger partial charge in [-0.3, -0.25) is 0 Å². The standard InChI is InChI=1S/C15H22N4O/c1-4-7-16-15-18-12(3)10-14(19-15)17-11(2)9-13-6-5-8-20-13/h5-6,8,10-11H,4,7,9H2,1-3H3,(H2,16,17,18,19). The third-order valence-electron chi connectivity index (χ3n) is 2.87. The van der Waals surface area contributed by atoms with Crippen LogP contribution in [0.15, 0.2) is 28.9 Å². The Kier molecular flexibility index (Phi) is 4.98. The fourth-order valence-electron chi connectivity index (χ4n) is 1.99. The summed E-state index contributed by atoms with van der Waals surface area (Å²) in [5, 5.41) is 6.60. The van der Waals surface area contributed by atoms with E-state index in [1.807, 2.05) is 25.1 Å². The van der Waals surface area contributed by atoms with Crippen LogP contribution in [-0.2, 0) is 6.42 Å². The minimum atomic E-state index is 0.245. The van der Waals surface area contributed by atoms with Crippen molar-refractivity contribution >= 4 is 11.8 Å². The van der Waals surface area contributed by atoms with Crippen molar-refractivity contribution in [2.75, 3.05) is 17.2 Å². The first kappa shape index (κ1) is 14.4. The fourth-order valence-corrected chi connectivity index (χ4v) is 1.99. The zero-order valence-corrected chi connectivity index (χ0v) is 12.3. The van der Waals surface area contributed by atoms with Crippen LogP contribution < -0.4 is 10.6 Å². The average molecular weight is 274 g/mol. The Balaban J connectivity index is 1.98. The van der Waals surface area contributed by atoms with E-state index >= 15 is 0 Å².